The van der Waals surface area contributed by atoms with Gasteiger partial charge in [-0.15, -0.1) is 0 Å². The maximum Gasteiger partial charge on any atom is 0.0646 e. The van der Waals surface area contributed by atoms with E-state index in [1.165, 1.54) is 12.8 Å². The van der Waals surface area contributed by atoms with Crippen LogP contribution in [0.4, 0.5) is 0 Å². The second-order valence-corrected chi connectivity index (χ2v) is 4.27. The van der Waals surface area contributed by atoms with Gasteiger partial charge in [0.2, 0.25) is 0 Å². The summed E-state index contributed by atoms with van der Waals surface area (Å²) in [6, 6.07) is 9.77. The fraction of sp³-hybridized carbons (Fsp3) is 0.308. The van der Waals surface area contributed by atoms with Gasteiger partial charge in [-0.2, -0.15) is 5.10 Å². The van der Waals surface area contributed by atoms with Crippen LogP contribution in [0.1, 0.15) is 25.5 Å². The van der Waals surface area contributed by atoms with Crippen molar-refractivity contribution in [1.29, 1.82) is 0 Å². The standard InChI is InChI=1S/C13H15ClN2/c1-2-3-4-12-9-10-16(15-12)13-7-5-11(14)6-8-13/h5-10H,2-4H2,1H3. The van der Waals surface area contributed by atoms with Gasteiger partial charge in [0.1, 0.15) is 0 Å². The molecule has 0 bridgehead atoms. The molecule has 0 aliphatic heterocycles. The molecule has 16 heavy (non-hydrogen) atoms. The fourth-order valence-electron chi connectivity index (χ4n) is 1.59. The highest BCUT2D eigenvalue weighted by Crippen LogP contribution is 2.13. The van der Waals surface area contributed by atoms with E-state index >= 15 is 0 Å². The molecule has 2 nitrogen and oxygen atoms in total. The number of unbranched alkanes of at least 4 members (excludes halogenated alkanes) is 1. The molecule has 0 N–H and O–H groups in total. The lowest BCUT2D eigenvalue weighted by molar-refractivity contribution is 0.752. The summed E-state index contributed by atoms with van der Waals surface area (Å²) in [6.45, 7) is 2.19. The molecule has 0 aliphatic carbocycles. The Morgan fingerprint density at radius 1 is 1.19 bits per heavy atom. The fourth-order valence-corrected chi connectivity index (χ4v) is 1.72. The number of hydrogen-bond donors (Lipinski definition) is 0. The first kappa shape index (κ1) is 11.2. The summed E-state index contributed by atoms with van der Waals surface area (Å²) in [7, 11) is 0. The van der Waals surface area contributed by atoms with Crippen LogP contribution in [0.15, 0.2) is 36.5 Å². The van der Waals surface area contributed by atoms with Crippen molar-refractivity contribution in [2.75, 3.05) is 0 Å². The van der Waals surface area contributed by atoms with Crippen LogP contribution < -0.4 is 0 Å². The molecule has 1 aromatic carbocycles. The number of nitrogens with zero attached hydrogens (tertiary/aromatic N) is 2. The summed E-state index contributed by atoms with van der Waals surface area (Å²) in [5, 5.41) is 5.27. The van der Waals surface area contributed by atoms with E-state index in [4.69, 9.17) is 11.6 Å². The van der Waals surface area contributed by atoms with Crippen LogP contribution in [-0.2, 0) is 6.42 Å². The Morgan fingerprint density at radius 2 is 1.94 bits per heavy atom. The van der Waals surface area contributed by atoms with Gasteiger partial charge >= 0.3 is 0 Å². The SMILES string of the molecule is CCCCc1ccn(-c2ccc(Cl)cc2)n1. The number of benzene rings is 1. The lowest BCUT2D eigenvalue weighted by Gasteiger charge is -2.00. The second-order valence-electron chi connectivity index (χ2n) is 3.83. The van der Waals surface area contributed by atoms with Crippen LogP contribution in [0.2, 0.25) is 5.02 Å². The molecule has 2 aromatic rings. The van der Waals surface area contributed by atoms with Crippen molar-refractivity contribution in [1.82, 2.24) is 9.78 Å². The second kappa shape index (κ2) is 5.17. The summed E-state index contributed by atoms with van der Waals surface area (Å²) in [5.74, 6) is 0. The normalized spacial score (nSPS) is 10.6. The lowest BCUT2D eigenvalue weighted by atomic mass is 10.2. The minimum Gasteiger partial charge on any atom is -0.241 e. The molecule has 0 spiro atoms. The van der Waals surface area contributed by atoms with Crippen LogP contribution in [0.5, 0.6) is 0 Å². The smallest absolute Gasteiger partial charge is 0.0646 e. The third-order valence-corrected chi connectivity index (χ3v) is 2.77. The lowest BCUT2D eigenvalue weighted by Crippen LogP contribution is -1.95. The Kier molecular flexibility index (Phi) is 3.62. The summed E-state index contributed by atoms with van der Waals surface area (Å²) < 4.78 is 1.89. The summed E-state index contributed by atoms with van der Waals surface area (Å²) >= 11 is 5.84. The molecule has 0 saturated heterocycles. The molecule has 1 heterocycles. The van der Waals surface area contributed by atoms with Crippen molar-refractivity contribution in [3.05, 3.63) is 47.2 Å². The molecule has 2 rings (SSSR count). The Morgan fingerprint density at radius 3 is 2.62 bits per heavy atom. The number of hydrogen-bond acceptors (Lipinski definition) is 1. The predicted octanol–water partition coefficient (Wildman–Crippen LogP) is 3.87. The average molecular weight is 235 g/mol. The van der Waals surface area contributed by atoms with Gasteiger partial charge in [0.15, 0.2) is 0 Å². The average Bonchev–Trinajstić information content (AvgIpc) is 2.76. The molecular weight excluding hydrogens is 220 g/mol. The number of aryl methyl sites for hydroxylation is 1. The van der Waals surface area contributed by atoms with Gasteiger partial charge in [0, 0.05) is 11.2 Å². The molecule has 0 aliphatic rings. The highest BCUT2D eigenvalue weighted by Gasteiger charge is 2.00. The number of halogens is 1. The van der Waals surface area contributed by atoms with Gasteiger partial charge in [0.05, 0.1) is 11.4 Å². The number of rotatable bonds is 4. The zero-order valence-electron chi connectivity index (χ0n) is 9.36. The van der Waals surface area contributed by atoms with Crippen LogP contribution in [0.3, 0.4) is 0 Å². The summed E-state index contributed by atoms with van der Waals surface area (Å²) in [5.41, 5.74) is 2.20. The monoisotopic (exact) mass is 234 g/mol. The molecule has 84 valence electrons. The molecule has 1 aromatic heterocycles. The molecule has 0 radical (unpaired) electrons. The van der Waals surface area contributed by atoms with E-state index in [1.807, 2.05) is 35.1 Å². The molecular formula is C13H15ClN2. The minimum absolute atomic E-state index is 0.752. The van der Waals surface area contributed by atoms with Gasteiger partial charge in [-0.25, -0.2) is 4.68 Å². The van der Waals surface area contributed by atoms with E-state index in [0.717, 1.165) is 22.8 Å². The van der Waals surface area contributed by atoms with E-state index in [0.29, 0.717) is 0 Å². The van der Waals surface area contributed by atoms with E-state index in [-0.39, 0.29) is 0 Å². The largest absolute Gasteiger partial charge is 0.241 e. The van der Waals surface area contributed by atoms with Gasteiger partial charge in [-0.1, -0.05) is 24.9 Å². The van der Waals surface area contributed by atoms with Gasteiger partial charge in [-0.05, 0) is 43.2 Å². The highest BCUT2D eigenvalue weighted by molar-refractivity contribution is 6.30. The third-order valence-electron chi connectivity index (χ3n) is 2.52. The third kappa shape index (κ3) is 2.64. The molecule has 0 amide bonds. The molecule has 0 saturated carbocycles. The van der Waals surface area contributed by atoms with Crippen LogP contribution in [0, 0.1) is 0 Å². The van der Waals surface area contributed by atoms with Crippen molar-refractivity contribution in [3.63, 3.8) is 0 Å². The van der Waals surface area contributed by atoms with Gasteiger partial charge in [0.25, 0.3) is 0 Å². The van der Waals surface area contributed by atoms with E-state index in [9.17, 15) is 0 Å². The van der Waals surface area contributed by atoms with E-state index < -0.39 is 0 Å². The van der Waals surface area contributed by atoms with Crippen molar-refractivity contribution < 1.29 is 0 Å². The molecule has 0 fully saturated rings. The first-order valence-electron chi connectivity index (χ1n) is 5.60. The van der Waals surface area contributed by atoms with Crippen LogP contribution in [0.25, 0.3) is 5.69 Å². The molecule has 0 unspecified atom stereocenters. The predicted molar refractivity (Wildman–Crippen MR) is 67.2 cm³/mol. The maximum absolute atomic E-state index is 5.84. The first-order chi connectivity index (χ1) is 7.79. The van der Waals surface area contributed by atoms with Gasteiger partial charge in [-0.3, -0.25) is 0 Å². The van der Waals surface area contributed by atoms with Crippen molar-refractivity contribution >= 4 is 11.6 Å². The zero-order valence-corrected chi connectivity index (χ0v) is 10.1. The van der Waals surface area contributed by atoms with Crippen molar-refractivity contribution in [2.45, 2.75) is 26.2 Å². The Bertz CT molecular complexity index is 445. The Hall–Kier alpha value is -1.28. The zero-order chi connectivity index (χ0) is 11.4. The minimum atomic E-state index is 0.752. The quantitative estimate of drug-likeness (QED) is 0.785. The molecule has 3 heteroatoms. The van der Waals surface area contributed by atoms with Crippen LogP contribution in [-0.4, -0.2) is 9.78 Å². The summed E-state index contributed by atoms with van der Waals surface area (Å²) in [6.07, 6.45) is 5.44. The van der Waals surface area contributed by atoms with Crippen LogP contribution >= 0.6 is 11.6 Å². The van der Waals surface area contributed by atoms with E-state index in [2.05, 4.69) is 18.1 Å². The Labute approximate surface area is 101 Å². The van der Waals surface area contributed by atoms with Gasteiger partial charge < -0.3 is 0 Å². The van der Waals surface area contributed by atoms with E-state index in [1.54, 1.807) is 0 Å². The topological polar surface area (TPSA) is 17.8 Å². The number of aromatic nitrogens is 2. The maximum atomic E-state index is 5.84. The Balaban J connectivity index is 2.15. The molecule has 0 atom stereocenters. The van der Waals surface area contributed by atoms with Crippen molar-refractivity contribution in [3.8, 4) is 5.69 Å². The highest BCUT2D eigenvalue weighted by atomic mass is 35.5. The van der Waals surface area contributed by atoms with Crippen molar-refractivity contribution in [2.24, 2.45) is 0 Å². The summed E-state index contributed by atoms with van der Waals surface area (Å²) in [4.78, 5) is 0. The first-order valence-corrected chi connectivity index (χ1v) is 5.98.